The van der Waals surface area contributed by atoms with Gasteiger partial charge >= 0.3 is 5.97 Å². The molecule has 0 saturated carbocycles. The monoisotopic (exact) mass is 406 g/mol. The maximum Gasteiger partial charge on any atom is 0.328 e. The van der Waals surface area contributed by atoms with Crippen molar-refractivity contribution in [3.8, 4) is 0 Å². The second-order valence-electron chi connectivity index (χ2n) is 6.32. The van der Waals surface area contributed by atoms with Gasteiger partial charge in [-0.25, -0.2) is 4.68 Å². The lowest BCUT2D eigenvalue weighted by Crippen LogP contribution is -2.33. The van der Waals surface area contributed by atoms with Gasteiger partial charge in [-0.2, -0.15) is 0 Å². The minimum absolute atomic E-state index is 0.110. The Bertz CT molecular complexity index is 1110. The number of hydrogen-bond donors (Lipinski definition) is 1. The average molecular weight is 406 g/mol. The van der Waals surface area contributed by atoms with E-state index in [1.54, 1.807) is 11.3 Å². The molecule has 0 aliphatic carbocycles. The lowest BCUT2D eigenvalue weighted by atomic mass is 10.1. The van der Waals surface area contributed by atoms with Crippen molar-refractivity contribution >= 4 is 34.2 Å². The second kappa shape index (κ2) is 8.66. The summed E-state index contributed by atoms with van der Waals surface area (Å²) in [5.41, 5.74) is 2.39. The SMILES string of the molecule is O=C(COC(=O)Cn1nnc2ccccc21)NC(c1ccccc1)c1cccs1. The third-order valence-electron chi connectivity index (χ3n) is 4.33. The van der Waals surface area contributed by atoms with E-state index in [4.69, 9.17) is 4.74 Å². The van der Waals surface area contributed by atoms with E-state index < -0.39 is 5.97 Å². The van der Waals surface area contributed by atoms with Crippen LogP contribution in [0.4, 0.5) is 0 Å². The van der Waals surface area contributed by atoms with Crippen LogP contribution in [0.1, 0.15) is 16.5 Å². The molecule has 2 aromatic carbocycles. The van der Waals surface area contributed by atoms with Gasteiger partial charge < -0.3 is 10.1 Å². The standard InChI is InChI=1S/C21H18N4O3S/c26-19(22-21(18-11-6-12-29-18)15-7-2-1-3-8-15)14-28-20(27)13-25-17-10-5-4-9-16(17)23-24-25/h1-12,21H,13-14H2,(H,22,26). The van der Waals surface area contributed by atoms with E-state index in [9.17, 15) is 9.59 Å². The summed E-state index contributed by atoms with van der Waals surface area (Å²) in [5, 5.41) is 12.8. The van der Waals surface area contributed by atoms with Gasteiger partial charge in [-0.05, 0) is 29.1 Å². The van der Waals surface area contributed by atoms with Crippen molar-refractivity contribution in [1.29, 1.82) is 0 Å². The maximum absolute atomic E-state index is 12.4. The molecule has 1 N–H and O–H groups in total. The van der Waals surface area contributed by atoms with Crippen LogP contribution in [0.3, 0.4) is 0 Å². The Balaban J connectivity index is 1.36. The molecule has 0 radical (unpaired) electrons. The van der Waals surface area contributed by atoms with E-state index in [-0.39, 0.29) is 25.1 Å². The maximum atomic E-state index is 12.4. The van der Waals surface area contributed by atoms with Crippen LogP contribution < -0.4 is 5.32 Å². The zero-order valence-corrected chi connectivity index (χ0v) is 16.2. The topological polar surface area (TPSA) is 86.1 Å². The Morgan fingerprint density at radius 1 is 1.03 bits per heavy atom. The van der Waals surface area contributed by atoms with Gasteiger partial charge in [0.1, 0.15) is 12.1 Å². The molecular weight excluding hydrogens is 388 g/mol. The molecule has 0 aliphatic rings. The molecule has 2 aromatic heterocycles. The zero-order chi connectivity index (χ0) is 20.1. The number of fused-ring (bicyclic) bond motifs is 1. The number of carbonyl (C=O) groups excluding carboxylic acids is 2. The number of para-hydroxylation sites is 1. The zero-order valence-electron chi connectivity index (χ0n) is 15.4. The van der Waals surface area contributed by atoms with Crippen LogP contribution >= 0.6 is 11.3 Å². The molecule has 2 heterocycles. The molecule has 8 heteroatoms. The number of ether oxygens (including phenoxy) is 1. The lowest BCUT2D eigenvalue weighted by Gasteiger charge is -2.18. The van der Waals surface area contributed by atoms with Gasteiger partial charge in [-0.15, -0.1) is 16.4 Å². The first-order chi connectivity index (χ1) is 14.2. The van der Waals surface area contributed by atoms with Crippen LogP contribution in [0.25, 0.3) is 11.0 Å². The molecular formula is C21H18N4O3S. The molecule has 4 rings (SSSR count). The van der Waals surface area contributed by atoms with E-state index in [1.165, 1.54) is 4.68 Å². The average Bonchev–Trinajstić information content (AvgIpc) is 3.42. The highest BCUT2D eigenvalue weighted by Crippen LogP contribution is 2.25. The third-order valence-corrected chi connectivity index (χ3v) is 5.27. The first-order valence-electron chi connectivity index (χ1n) is 9.02. The molecule has 4 aromatic rings. The Morgan fingerprint density at radius 2 is 1.83 bits per heavy atom. The number of carbonyl (C=O) groups is 2. The molecule has 1 amide bonds. The normalized spacial score (nSPS) is 11.9. The highest BCUT2D eigenvalue weighted by molar-refractivity contribution is 7.10. The number of hydrogen-bond acceptors (Lipinski definition) is 6. The number of amides is 1. The Labute approximate surface area is 170 Å². The highest BCUT2D eigenvalue weighted by atomic mass is 32.1. The van der Waals surface area contributed by atoms with Crippen LogP contribution in [0, 0.1) is 0 Å². The van der Waals surface area contributed by atoms with Crippen LogP contribution in [-0.4, -0.2) is 33.5 Å². The third kappa shape index (κ3) is 4.49. The summed E-state index contributed by atoms with van der Waals surface area (Å²) in [6.07, 6.45) is 0. The summed E-state index contributed by atoms with van der Waals surface area (Å²) in [6.45, 7) is -0.471. The molecule has 7 nitrogen and oxygen atoms in total. The van der Waals surface area contributed by atoms with Crippen molar-refractivity contribution in [1.82, 2.24) is 20.3 Å². The van der Waals surface area contributed by atoms with Gasteiger partial charge in [0.05, 0.1) is 11.6 Å². The van der Waals surface area contributed by atoms with Crippen LogP contribution in [0.5, 0.6) is 0 Å². The molecule has 0 spiro atoms. The number of aromatic nitrogens is 3. The van der Waals surface area contributed by atoms with E-state index >= 15 is 0 Å². The lowest BCUT2D eigenvalue weighted by molar-refractivity contribution is -0.149. The second-order valence-corrected chi connectivity index (χ2v) is 7.30. The smallest absolute Gasteiger partial charge is 0.328 e. The minimum atomic E-state index is -0.553. The van der Waals surface area contributed by atoms with Crippen molar-refractivity contribution in [3.05, 3.63) is 82.6 Å². The number of esters is 1. The Kier molecular flexibility index (Phi) is 5.62. The van der Waals surface area contributed by atoms with Gasteiger partial charge in [0.2, 0.25) is 0 Å². The van der Waals surface area contributed by atoms with Crippen molar-refractivity contribution in [2.75, 3.05) is 6.61 Å². The Hall–Kier alpha value is -3.52. The van der Waals surface area contributed by atoms with Crippen molar-refractivity contribution in [3.63, 3.8) is 0 Å². The summed E-state index contributed by atoms with van der Waals surface area (Å²) >= 11 is 1.56. The first kappa shape index (κ1) is 18.8. The fraction of sp³-hybridized carbons (Fsp3) is 0.143. The van der Waals surface area contributed by atoms with Gasteiger partial charge in [0.25, 0.3) is 5.91 Å². The number of benzene rings is 2. The molecule has 0 fully saturated rings. The summed E-state index contributed by atoms with van der Waals surface area (Å²) in [7, 11) is 0. The Morgan fingerprint density at radius 3 is 2.62 bits per heavy atom. The number of nitrogens with one attached hydrogen (secondary N) is 1. The fourth-order valence-electron chi connectivity index (χ4n) is 2.97. The van der Waals surface area contributed by atoms with Crippen molar-refractivity contribution in [2.45, 2.75) is 12.6 Å². The van der Waals surface area contributed by atoms with Crippen LogP contribution in [0.15, 0.2) is 72.1 Å². The first-order valence-corrected chi connectivity index (χ1v) is 9.90. The number of thiophene rings is 1. The molecule has 0 bridgehead atoms. The van der Waals surface area contributed by atoms with Crippen LogP contribution in [-0.2, 0) is 20.9 Å². The summed E-state index contributed by atoms with van der Waals surface area (Å²) in [4.78, 5) is 25.6. The van der Waals surface area contributed by atoms with E-state index in [0.29, 0.717) is 5.52 Å². The van der Waals surface area contributed by atoms with E-state index in [0.717, 1.165) is 16.0 Å². The van der Waals surface area contributed by atoms with Gasteiger partial charge in [-0.1, -0.05) is 53.7 Å². The summed E-state index contributed by atoms with van der Waals surface area (Å²) in [6, 6.07) is 20.6. The molecule has 1 unspecified atom stereocenters. The summed E-state index contributed by atoms with van der Waals surface area (Å²) < 4.78 is 6.60. The van der Waals surface area contributed by atoms with Crippen LogP contribution in [0.2, 0.25) is 0 Å². The summed E-state index contributed by atoms with van der Waals surface area (Å²) in [5.74, 6) is -0.924. The molecule has 0 aliphatic heterocycles. The quantitative estimate of drug-likeness (QED) is 0.477. The molecule has 1 atom stereocenters. The van der Waals surface area contributed by atoms with E-state index in [2.05, 4.69) is 15.6 Å². The largest absolute Gasteiger partial charge is 0.454 e. The predicted octanol–water partition coefficient (Wildman–Crippen LogP) is 2.94. The van der Waals surface area contributed by atoms with E-state index in [1.807, 2.05) is 72.1 Å². The van der Waals surface area contributed by atoms with Gasteiger partial charge in [-0.3, -0.25) is 9.59 Å². The molecule has 0 saturated heterocycles. The predicted molar refractivity (Wildman–Crippen MR) is 109 cm³/mol. The van der Waals surface area contributed by atoms with Crippen molar-refractivity contribution in [2.24, 2.45) is 0 Å². The number of nitrogens with zero attached hydrogens (tertiary/aromatic N) is 3. The highest BCUT2D eigenvalue weighted by Gasteiger charge is 2.19. The van der Waals surface area contributed by atoms with Gasteiger partial charge in [0.15, 0.2) is 6.61 Å². The number of rotatable bonds is 7. The fourth-order valence-corrected chi connectivity index (χ4v) is 3.77. The minimum Gasteiger partial charge on any atom is -0.454 e. The molecule has 146 valence electrons. The van der Waals surface area contributed by atoms with Crippen molar-refractivity contribution < 1.29 is 14.3 Å². The van der Waals surface area contributed by atoms with Gasteiger partial charge in [0, 0.05) is 4.88 Å². The molecule has 29 heavy (non-hydrogen) atoms.